The SMILES string of the molecule is CC(C)C[C@H]1[C@@H]2[C@@H](N3CCCC3)N(c3ccccc3Br)C(=O)N21. The molecule has 4 nitrogen and oxygen atoms in total. The largest absolute Gasteiger partial charge is 0.326 e. The van der Waals surface area contributed by atoms with E-state index in [9.17, 15) is 4.79 Å². The molecular formula is C18H24BrN3O. The monoisotopic (exact) mass is 377 g/mol. The van der Waals surface area contributed by atoms with Crippen molar-refractivity contribution in [2.75, 3.05) is 18.0 Å². The van der Waals surface area contributed by atoms with Crippen molar-refractivity contribution in [3.8, 4) is 0 Å². The normalized spacial score (nSPS) is 30.4. The van der Waals surface area contributed by atoms with E-state index < -0.39 is 0 Å². The van der Waals surface area contributed by atoms with Crippen LogP contribution in [0.2, 0.25) is 0 Å². The molecular weight excluding hydrogens is 354 g/mol. The number of likely N-dealkylation sites (tertiary alicyclic amines) is 1. The van der Waals surface area contributed by atoms with Gasteiger partial charge in [-0.3, -0.25) is 9.80 Å². The van der Waals surface area contributed by atoms with Crippen LogP contribution in [0.4, 0.5) is 10.5 Å². The summed E-state index contributed by atoms with van der Waals surface area (Å²) in [5, 5.41) is 0. The highest BCUT2D eigenvalue weighted by atomic mass is 79.9. The molecule has 3 saturated heterocycles. The first-order valence-electron chi connectivity index (χ1n) is 8.69. The number of fused-ring (bicyclic) bond motifs is 1. The Labute approximate surface area is 146 Å². The third-order valence-corrected chi connectivity index (χ3v) is 5.99. The van der Waals surface area contributed by atoms with Gasteiger partial charge in [-0.25, -0.2) is 4.79 Å². The van der Waals surface area contributed by atoms with Gasteiger partial charge >= 0.3 is 6.03 Å². The number of hydrogen-bond donors (Lipinski definition) is 0. The van der Waals surface area contributed by atoms with Crippen molar-refractivity contribution in [2.45, 2.75) is 51.4 Å². The van der Waals surface area contributed by atoms with Gasteiger partial charge in [0, 0.05) is 17.6 Å². The molecule has 0 unspecified atom stereocenters. The maximum absolute atomic E-state index is 13.1. The van der Waals surface area contributed by atoms with Crippen LogP contribution < -0.4 is 4.90 Å². The number of amides is 2. The molecule has 5 heteroatoms. The molecule has 3 aliphatic rings. The van der Waals surface area contributed by atoms with Crippen molar-refractivity contribution < 1.29 is 4.79 Å². The maximum Gasteiger partial charge on any atom is 0.326 e. The summed E-state index contributed by atoms with van der Waals surface area (Å²) in [5.74, 6) is 0.634. The van der Waals surface area contributed by atoms with Crippen LogP contribution in [0.1, 0.15) is 33.1 Å². The average molecular weight is 378 g/mol. The molecule has 0 radical (unpaired) electrons. The molecule has 3 heterocycles. The number of urea groups is 1. The predicted octanol–water partition coefficient (Wildman–Crippen LogP) is 3.91. The zero-order chi connectivity index (χ0) is 16.1. The molecule has 0 spiro atoms. The molecule has 2 amide bonds. The lowest BCUT2D eigenvalue weighted by atomic mass is 10.0. The van der Waals surface area contributed by atoms with Crippen LogP contribution in [0.5, 0.6) is 0 Å². The molecule has 0 N–H and O–H groups in total. The highest BCUT2D eigenvalue weighted by Crippen LogP contribution is 2.48. The van der Waals surface area contributed by atoms with E-state index in [1.807, 2.05) is 29.2 Å². The molecule has 0 saturated carbocycles. The Morgan fingerprint density at radius 2 is 1.91 bits per heavy atom. The maximum atomic E-state index is 13.1. The molecule has 0 aliphatic carbocycles. The van der Waals surface area contributed by atoms with Crippen molar-refractivity contribution in [3.05, 3.63) is 28.7 Å². The van der Waals surface area contributed by atoms with Crippen LogP contribution in [0.3, 0.4) is 0 Å². The molecule has 4 rings (SSSR count). The summed E-state index contributed by atoms with van der Waals surface area (Å²) in [7, 11) is 0. The van der Waals surface area contributed by atoms with Gasteiger partial charge < -0.3 is 4.90 Å². The average Bonchev–Trinajstić information content (AvgIpc) is 2.87. The number of carbonyl (C=O) groups excluding carboxylic acids is 1. The summed E-state index contributed by atoms with van der Waals surface area (Å²) in [6.07, 6.45) is 3.81. The summed E-state index contributed by atoms with van der Waals surface area (Å²) >= 11 is 3.63. The Kier molecular flexibility index (Phi) is 3.88. The van der Waals surface area contributed by atoms with Gasteiger partial charge in [0.25, 0.3) is 0 Å². The van der Waals surface area contributed by atoms with Gasteiger partial charge in [0.15, 0.2) is 0 Å². The van der Waals surface area contributed by atoms with E-state index in [0.29, 0.717) is 18.0 Å². The second-order valence-electron chi connectivity index (χ2n) is 7.36. The first-order chi connectivity index (χ1) is 11.1. The summed E-state index contributed by atoms with van der Waals surface area (Å²) in [4.78, 5) is 19.7. The minimum atomic E-state index is 0.185. The van der Waals surface area contributed by atoms with Crippen molar-refractivity contribution in [1.82, 2.24) is 9.80 Å². The molecule has 1 aromatic rings. The Balaban J connectivity index is 1.66. The molecule has 0 bridgehead atoms. The van der Waals surface area contributed by atoms with Gasteiger partial charge in [0.2, 0.25) is 0 Å². The lowest BCUT2D eigenvalue weighted by Gasteiger charge is -2.34. The molecule has 124 valence electrons. The van der Waals surface area contributed by atoms with E-state index >= 15 is 0 Å². The van der Waals surface area contributed by atoms with Crippen molar-refractivity contribution in [2.24, 2.45) is 5.92 Å². The first kappa shape index (κ1) is 15.5. The molecule has 3 aliphatic heterocycles. The summed E-state index contributed by atoms with van der Waals surface area (Å²) < 4.78 is 1.00. The number of nitrogens with zero attached hydrogens (tertiary/aromatic N) is 3. The molecule has 1 aromatic carbocycles. The van der Waals surface area contributed by atoms with E-state index in [-0.39, 0.29) is 12.2 Å². The van der Waals surface area contributed by atoms with Gasteiger partial charge in [-0.2, -0.15) is 0 Å². The lowest BCUT2D eigenvalue weighted by molar-refractivity contribution is 0.223. The highest BCUT2D eigenvalue weighted by Gasteiger charge is 2.65. The number of anilines is 1. The standard InChI is InChI=1S/C18H24BrN3O/c1-12(2)11-15-16-17(20-9-5-6-10-20)22(18(23)21(15)16)14-8-4-3-7-13(14)19/h3-4,7-8,12,15-17H,5-6,9-11H2,1-2H3/t15-,16+,17-,21?/m0/s1. The number of halogens is 1. The summed E-state index contributed by atoms with van der Waals surface area (Å²) in [5.41, 5.74) is 1.00. The first-order valence-corrected chi connectivity index (χ1v) is 9.49. The third kappa shape index (κ3) is 2.49. The van der Waals surface area contributed by atoms with Gasteiger partial charge in [-0.15, -0.1) is 0 Å². The van der Waals surface area contributed by atoms with E-state index in [4.69, 9.17) is 0 Å². The van der Waals surface area contributed by atoms with Crippen molar-refractivity contribution in [1.29, 1.82) is 0 Å². The fourth-order valence-corrected chi connectivity index (χ4v) is 4.79. The minimum Gasteiger partial charge on any atom is -0.311 e. The highest BCUT2D eigenvalue weighted by molar-refractivity contribution is 9.10. The quantitative estimate of drug-likeness (QED) is 0.743. The summed E-state index contributed by atoms with van der Waals surface area (Å²) in [6.45, 7) is 6.71. The number of rotatable bonds is 4. The zero-order valence-electron chi connectivity index (χ0n) is 13.8. The van der Waals surface area contributed by atoms with Crippen molar-refractivity contribution >= 4 is 27.6 Å². The van der Waals surface area contributed by atoms with E-state index in [2.05, 4.69) is 39.6 Å². The van der Waals surface area contributed by atoms with Crippen LogP contribution in [0, 0.1) is 5.92 Å². The second kappa shape index (κ2) is 5.78. The number of hydrogen-bond acceptors (Lipinski definition) is 2. The van der Waals surface area contributed by atoms with Gasteiger partial charge in [-0.05, 0) is 53.2 Å². The van der Waals surface area contributed by atoms with Crippen molar-refractivity contribution in [3.63, 3.8) is 0 Å². The Hall–Kier alpha value is -1.07. The third-order valence-electron chi connectivity index (χ3n) is 5.32. The topological polar surface area (TPSA) is 26.6 Å². The van der Waals surface area contributed by atoms with Crippen LogP contribution >= 0.6 is 15.9 Å². The van der Waals surface area contributed by atoms with E-state index in [1.165, 1.54) is 12.8 Å². The fourth-order valence-electron chi connectivity index (χ4n) is 4.32. The second-order valence-corrected chi connectivity index (χ2v) is 8.21. The van der Waals surface area contributed by atoms with E-state index in [1.54, 1.807) is 0 Å². The fraction of sp³-hybridized carbons (Fsp3) is 0.611. The van der Waals surface area contributed by atoms with Gasteiger partial charge in [0.1, 0.15) is 6.17 Å². The predicted molar refractivity (Wildman–Crippen MR) is 95.5 cm³/mol. The lowest BCUT2D eigenvalue weighted by Crippen LogP contribution is -2.51. The van der Waals surface area contributed by atoms with Gasteiger partial charge in [-0.1, -0.05) is 26.0 Å². The van der Waals surface area contributed by atoms with Crippen LogP contribution in [0.15, 0.2) is 28.7 Å². The zero-order valence-corrected chi connectivity index (χ0v) is 15.4. The molecule has 23 heavy (non-hydrogen) atoms. The molecule has 3 fully saturated rings. The Bertz CT molecular complexity index is 614. The number of benzene rings is 1. The van der Waals surface area contributed by atoms with Crippen LogP contribution in [-0.4, -0.2) is 47.2 Å². The van der Waals surface area contributed by atoms with Crippen LogP contribution in [0.25, 0.3) is 0 Å². The molecule has 0 aromatic heterocycles. The molecule has 3 atom stereocenters. The van der Waals surface area contributed by atoms with E-state index in [0.717, 1.165) is 29.7 Å². The Morgan fingerprint density at radius 3 is 2.57 bits per heavy atom. The smallest absolute Gasteiger partial charge is 0.311 e. The summed E-state index contributed by atoms with van der Waals surface area (Å²) in [6, 6.07) is 9.08. The minimum absolute atomic E-state index is 0.185. The van der Waals surface area contributed by atoms with Gasteiger partial charge in [0.05, 0.1) is 17.8 Å². The number of para-hydroxylation sites is 1. The van der Waals surface area contributed by atoms with Crippen LogP contribution in [-0.2, 0) is 0 Å². The Morgan fingerprint density at radius 1 is 1.22 bits per heavy atom. The number of carbonyl (C=O) groups is 1.